The van der Waals surface area contributed by atoms with E-state index >= 15 is 0 Å². The van der Waals surface area contributed by atoms with Gasteiger partial charge in [0.1, 0.15) is 11.5 Å². The van der Waals surface area contributed by atoms with E-state index in [1.165, 1.54) is 7.05 Å². The Morgan fingerprint density at radius 1 is 1.45 bits per heavy atom. The summed E-state index contributed by atoms with van der Waals surface area (Å²) in [5, 5.41) is 12.8. The molecule has 0 spiro atoms. The molecule has 0 bridgehead atoms. The molecule has 0 aromatic heterocycles. The lowest BCUT2D eigenvalue weighted by molar-refractivity contribution is -0.148. The molecular weight excluding hydrogens is 260 g/mol. The minimum absolute atomic E-state index is 0.144. The quantitative estimate of drug-likeness (QED) is 0.790. The molecule has 1 aromatic rings. The number of piperidine rings is 1. The molecule has 6 nitrogen and oxygen atoms in total. The van der Waals surface area contributed by atoms with Gasteiger partial charge in [0.15, 0.2) is 0 Å². The van der Waals surface area contributed by atoms with Crippen LogP contribution in [0.1, 0.15) is 18.4 Å². The summed E-state index contributed by atoms with van der Waals surface area (Å²) < 4.78 is 5.10. The number of amides is 2. The summed E-state index contributed by atoms with van der Waals surface area (Å²) >= 11 is 0. The number of carbonyl (C=O) groups excluding carboxylic acids is 2. The molecule has 1 saturated heterocycles. The van der Waals surface area contributed by atoms with Crippen LogP contribution in [-0.2, 0) is 16.1 Å². The third-order valence-corrected chi connectivity index (χ3v) is 3.48. The molecule has 1 aliphatic rings. The summed E-state index contributed by atoms with van der Waals surface area (Å²) in [5.41, 5.74) is 0.650. The Kier molecular flexibility index (Phi) is 4.24. The minimum Gasteiger partial charge on any atom is -0.508 e. The fraction of sp³-hybridized carbons (Fsp3) is 0.429. The number of likely N-dealkylation sites (tertiary alicyclic amines) is 1. The van der Waals surface area contributed by atoms with Crippen molar-refractivity contribution in [2.45, 2.75) is 25.4 Å². The molecule has 2 rings (SSSR count). The number of aromatic hydroxyl groups is 1. The van der Waals surface area contributed by atoms with Crippen molar-refractivity contribution in [2.75, 3.05) is 14.2 Å². The lowest BCUT2D eigenvalue weighted by atomic mass is 10.0. The fourth-order valence-corrected chi connectivity index (χ4v) is 2.17. The molecule has 1 unspecified atom stereocenters. The first kappa shape index (κ1) is 14.3. The first-order valence-corrected chi connectivity index (χ1v) is 6.42. The summed E-state index contributed by atoms with van der Waals surface area (Å²) in [6, 6.07) is 4.53. The van der Waals surface area contributed by atoms with Gasteiger partial charge in [-0.2, -0.15) is 0 Å². The first-order chi connectivity index (χ1) is 9.52. The normalized spacial score (nSPS) is 19.3. The third kappa shape index (κ3) is 2.91. The summed E-state index contributed by atoms with van der Waals surface area (Å²) in [6.45, 7) is 0.335. The van der Waals surface area contributed by atoms with Crippen molar-refractivity contribution < 1.29 is 19.4 Å². The van der Waals surface area contributed by atoms with Crippen molar-refractivity contribution in [3.63, 3.8) is 0 Å². The van der Waals surface area contributed by atoms with Crippen LogP contribution in [0, 0.1) is 0 Å². The lowest BCUT2D eigenvalue weighted by Crippen LogP contribution is -2.51. The maximum Gasteiger partial charge on any atom is 0.246 e. The fourth-order valence-electron chi connectivity index (χ4n) is 2.17. The van der Waals surface area contributed by atoms with Gasteiger partial charge in [-0.1, -0.05) is 0 Å². The van der Waals surface area contributed by atoms with E-state index in [2.05, 4.69) is 5.32 Å². The van der Waals surface area contributed by atoms with Gasteiger partial charge < -0.3 is 15.2 Å². The Morgan fingerprint density at radius 2 is 2.20 bits per heavy atom. The number of hydrogen-bond acceptors (Lipinski definition) is 5. The van der Waals surface area contributed by atoms with Crippen molar-refractivity contribution in [1.29, 1.82) is 0 Å². The van der Waals surface area contributed by atoms with E-state index in [1.54, 1.807) is 25.3 Å². The van der Waals surface area contributed by atoms with Crippen LogP contribution in [0.25, 0.3) is 0 Å². The highest BCUT2D eigenvalue weighted by Gasteiger charge is 2.31. The number of rotatable bonds is 4. The predicted molar refractivity (Wildman–Crippen MR) is 72.3 cm³/mol. The number of methoxy groups -OCH3 is 1. The molecule has 1 atom stereocenters. The molecule has 0 saturated carbocycles. The van der Waals surface area contributed by atoms with Gasteiger partial charge in [-0.15, -0.1) is 0 Å². The predicted octanol–water partition coefficient (Wildman–Crippen LogP) is 0.638. The van der Waals surface area contributed by atoms with E-state index in [0.29, 0.717) is 30.7 Å². The van der Waals surface area contributed by atoms with Crippen molar-refractivity contribution in [3.8, 4) is 11.5 Å². The van der Waals surface area contributed by atoms with Crippen LogP contribution < -0.4 is 10.1 Å². The van der Waals surface area contributed by atoms with Crippen molar-refractivity contribution in [3.05, 3.63) is 23.8 Å². The topological polar surface area (TPSA) is 78.9 Å². The maximum atomic E-state index is 11.9. The van der Waals surface area contributed by atoms with Crippen molar-refractivity contribution in [1.82, 2.24) is 10.2 Å². The Bertz CT molecular complexity index is 530. The van der Waals surface area contributed by atoms with Gasteiger partial charge in [-0.3, -0.25) is 14.5 Å². The van der Waals surface area contributed by atoms with Gasteiger partial charge in [0, 0.05) is 25.6 Å². The average Bonchev–Trinajstić information content (AvgIpc) is 2.45. The van der Waals surface area contributed by atoms with E-state index in [0.717, 1.165) is 4.90 Å². The highest BCUT2D eigenvalue weighted by atomic mass is 16.5. The summed E-state index contributed by atoms with van der Waals surface area (Å²) in [7, 11) is 3.04. The maximum absolute atomic E-state index is 11.9. The minimum atomic E-state index is -0.400. The van der Waals surface area contributed by atoms with Crippen LogP contribution in [0.5, 0.6) is 11.5 Å². The number of nitrogens with one attached hydrogen (secondary N) is 1. The largest absolute Gasteiger partial charge is 0.508 e. The SMILES string of the molecule is COc1ccc(O)c(CNC2CCC(=O)N(C)C2=O)c1. The van der Waals surface area contributed by atoms with Crippen LogP contribution in [0.2, 0.25) is 0 Å². The number of benzene rings is 1. The number of phenols is 1. The second-order valence-electron chi connectivity index (χ2n) is 4.76. The third-order valence-electron chi connectivity index (χ3n) is 3.48. The number of nitrogens with zero attached hydrogens (tertiary/aromatic N) is 1. The van der Waals surface area contributed by atoms with E-state index in [9.17, 15) is 14.7 Å². The van der Waals surface area contributed by atoms with E-state index < -0.39 is 6.04 Å². The standard InChI is InChI=1S/C14H18N2O4/c1-16-13(18)6-4-11(14(16)19)15-8-9-7-10(20-2)3-5-12(9)17/h3,5,7,11,15,17H,4,6,8H2,1-2H3. The van der Waals surface area contributed by atoms with E-state index in [-0.39, 0.29) is 17.6 Å². The average molecular weight is 278 g/mol. The lowest BCUT2D eigenvalue weighted by Gasteiger charge is -2.28. The summed E-state index contributed by atoms with van der Waals surface area (Å²) in [6.07, 6.45) is 0.830. The molecule has 1 fully saturated rings. The Hall–Kier alpha value is -2.08. The van der Waals surface area contributed by atoms with E-state index in [1.807, 2.05) is 0 Å². The van der Waals surface area contributed by atoms with E-state index in [4.69, 9.17) is 4.74 Å². The zero-order valence-corrected chi connectivity index (χ0v) is 11.5. The highest BCUT2D eigenvalue weighted by molar-refractivity contribution is 6.00. The summed E-state index contributed by atoms with van der Waals surface area (Å²) in [5.74, 6) is 0.397. The molecule has 1 heterocycles. The number of imide groups is 1. The Morgan fingerprint density at radius 3 is 2.90 bits per heavy atom. The second-order valence-corrected chi connectivity index (χ2v) is 4.76. The van der Waals surface area contributed by atoms with Crippen LogP contribution in [0.4, 0.5) is 0 Å². The second kappa shape index (κ2) is 5.92. The number of carbonyl (C=O) groups is 2. The monoisotopic (exact) mass is 278 g/mol. The highest BCUT2D eigenvalue weighted by Crippen LogP contribution is 2.23. The Balaban J connectivity index is 2.02. The zero-order chi connectivity index (χ0) is 14.7. The first-order valence-electron chi connectivity index (χ1n) is 6.42. The number of likely N-dealkylation sites (N-methyl/N-ethyl adjacent to an activating group) is 1. The molecule has 0 radical (unpaired) electrons. The number of phenolic OH excluding ortho intramolecular Hbond substituents is 1. The smallest absolute Gasteiger partial charge is 0.246 e. The molecule has 1 aliphatic heterocycles. The van der Waals surface area contributed by atoms with Gasteiger partial charge >= 0.3 is 0 Å². The van der Waals surface area contributed by atoms with Gasteiger partial charge in [0.2, 0.25) is 11.8 Å². The molecule has 2 N–H and O–H groups in total. The molecule has 0 aliphatic carbocycles. The van der Waals surface area contributed by atoms with Gasteiger partial charge in [-0.05, 0) is 24.6 Å². The summed E-state index contributed by atoms with van der Waals surface area (Å²) in [4.78, 5) is 24.4. The van der Waals surface area contributed by atoms with Gasteiger partial charge in [0.25, 0.3) is 0 Å². The molecule has 6 heteroatoms. The van der Waals surface area contributed by atoms with Crippen LogP contribution in [0.15, 0.2) is 18.2 Å². The number of ether oxygens (including phenoxy) is 1. The van der Waals surface area contributed by atoms with Crippen molar-refractivity contribution in [2.24, 2.45) is 0 Å². The van der Waals surface area contributed by atoms with Crippen LogP contribution in [0.3, 0.4) is 0 Å². The molecule has 1 aromatic carbocycles. The number of hydrogen-bond donors (Lipinski definition) is 2. The molecular formula is C14H18N2O4. The van der Waals surface area contributed by atoms with Crippen molar-refractivity contribution >= 4 is 11.8 Å². The Labute approximate surface area is 117 Å². The molecule has 108 valence electrons. The molecule has 2 amide bonds. The van der Waals surface area contributed by atoms with Crippen LogP contribution >= 0.6 is 0 Å². The van der Waals surface area contributed by atoms with Gasteiger partial charge in [0.05, 0.1) is 13.2 Å². The van der Waals surface area contributed by atoms with Gasteiger partial charge in [-0.25, -0.2) is 0 Å². The zero-order valence-electron chi connectivity index (χ0n) is 11.5. The van der Waals surface area contributed by atoms with Crippen LogP contribution in [-0.4, -0.2) is 42.0 Å². The molecule has 20 heavy (non-hydrogen) atoms.